The summed E-state index contributed by atoms with van der Waals surface area (Å²) in [7, 11) is 0. The molecule has 6 nitrogen and oxygen atoms in total. The monoisotopic (exact) mass is 309 g/mol. The smallest absolute Gasteiger partial charge is 0.270 e. The number of benzene rings is 1. The zero-order chi connectivity index (χ0) is 16.5. The third kappa shape index (κ3) is 4.89. The summed E-state index contributed by atoms with van der Waals surface area (Å²) in [5.41, 5.74) is 3.59. The van der Waals surface area contributed by atoms with Gasteiger partial charge in [-0.25, -0.2) is 5.01 Å². The molecule has 0 aliphatic carbocycles. The summed E-state index contributed by atoms with van der Waals surface area (Å²) in [6.45, 7) is -0.241. The molecule has 0 atom stereocenters. The normalized spacial score (nSPS) is 10.3. The van der Waals surface area contributed by atoms with E-state index in [2.05, 4.69) is 10.4 Å². The van der Waals surface area contributed by atoms with Crippen LogP contribution in [0.15, 0.2) is 60.9 Å². The number of carbonyl (C=O) groups is 3. The molecular weight excluding hydrogens is 294 g/mol. The van der Waals surface area contributed by atoms with E-state index in [1.165, 1.54) is 30.6 Å². The van der Waals surface area contributed by atoms with E-state index in [0.717, 1.165) is 10.6 Å². The van der Waals surface area contributed by atoms with Gasteiger partial charge in [-0.15, -0.1) is 0 Å². The first-order valence-electron chi connectivity index (χ1n) is 6.90. The Kier molecular flexibility index (Phi) is 5.76. The molecule has 1 aromatic heterocycles. The van der Waals surface area contributed by atoms with Gasteiger partial charge in [0.05, 0.1) is 6.54 Å². The maximum absolute atomic E-state index is 12.1. The molecule has 2 rings (SSSR count). The fraction of sp³-hybridized carbons (Fsp3) is 0.0588. The van der Waals surface area contributed by atoms with Crippen molar-refractivity contribution in [2.75, 3.05) is 6.54 Å². The van der Waals surface area contributed by atoms with Gasteiger partial charge in [0.25, 0.3) is 11.8 Å². The van der Waals surface area contributed by atoms with Gasteiger partial charge in [0.1, 0.15) is 6.29 Å². The van der Waals surface area contributed by atoms with Gasteiger partial charge in [0.15, 0.2) is 0 Å². The predicted molar refractivity (Wildman–Crippen MR) is 85.0 cm³/mol. The van der Waals surface area contributed by atoms with Gasteiger partial charge in [0.2, 0.25) is 0 Å². The van der Waals surface area contributed by atoms with Crippen LogP contribution in [-0.2, 0) is 9.59 Å². The standard InChI is InChI=1S/C17H15N3O3/c21-13-12-20(19-17(23)15-8-10-18-11-9-15)16(22)7-6-14-4-2-1-3-5-14/h1-11,13H,12H2,(H,19,23). The van der Waals surface area contributed by atoms with Gasteiger partial charge in [-0.2, -0.15) is 0 Å². The molecule has 116 valence electrons. The summed E-state index contributed by atoms with van der Waals surface area (Å²) in [5.74, 6) is -0.987. The number of aromatic nitrogens is 1. The molecule has 0 saturated carbocycles. The molecule has 6 heteroatoms. The second-order valence-corrected chi connectivity index (χ2v) is 4.54. The second-order valence-electron chi connectivity index (χ2n) is 4.54. The van der Waals surface area contributed by atoms with Crippen molar-refractivity contribution < 1.29 is 14.4 Å². The molecule has 0 spiro atoms. The quantitative estimate of drug-likeness (QED) is 0.515. The summed E-state index contributed by atoms with van der Waals surface area (Å²) in [5, 5.41) is 0.954. The highest BCUT2D eigenvalue weighted by molar-refractivity contribution is 5.98. The highest BCUT2D eigenvalue weighted by Crippen LogP contribution is 2.02. The van der Waals surface area contributed by atoms with Crippen molar-refractivity contribution in [3.63, 3.8) is 0 Å². The molecule has 0 unspecified atom stereocenters. The average Bonchev–Trinajstić information content (AvgIpc) is 2.61. The Morgan fingerprint density at radius 2 is 1.78 bits per heavy atom. The molecule has 1 N–H and O–H groups in total. The van der Waals surface area contributed by atoms with Crippen molar-refractivity contribution in [2.45, 2.75) is 0 Å². The Labute approximate surface area is 133 Å². The molecule has 1 aromatic carbocycles. The van der Waals surface area contributed by atoms with Gasteiger partial charge in [-0.1, -0.05) is 30.3 Å². The molecule has 0 saturated heterocycles. The van der Waals surface area contributed by atoms with Crippen LogP contribution in [0.25, 0.3) is 6.08 Å². The van der Waals surface area contributed by atoms with E-state index >= 15 is 0 Å². The van der Waals surface area contributed by atoms with Gasteiger partial charge >= 0.3 is 0 Å². The molecule has 0 radical (unpaired) electrons. The number of amides is 2. The van der Waals surface area contributed by atoms with Crippen LogP contribution in [-0.4, -0.2) is 34.6 Å². The Morgan fingerprint density at radius 3 is 2.43 bits per heavy atom. The highest BCUT2D eigenvalue weighted by Gasteiger charge is 2.14. The van der Waals surface area contributed by atoms with Crippen molar-refractivity contribution in [1.29, 1.82) is 0 Å². The molecule has 2 aromatic rings. The number of rotatable bonds is 5. The molecule has 23 heavy (non-hydrogen) atoms. The third-order valence-electron chi connectivity index (χ3n) is 2.92. The Morgan fingerprint density at radius 1 is 1.09 bits per heavy atom. The largest absolute Gasteiger partial charge is 0.301 e. The summed E-state index contributed by atoms with van der Waals surface area (Å²) in [6, 6.07) is 12.3. The van der Waals surface area contributed by atoms with Gasteiger partial charge in [-0.3, -0.25) is 20.0 Å². The third-order valence-corrected chi connectivity index (χ3v) is 2.92. The van der Waals surface area contributed by atoms with Crippen LogP contribution in [0.5, 0.6) is 0 Å². The maximum Gasteiger partial charge on any atom is 0.270 e. The van der Waals surface area contributed by atoms with Crippen LogP contribution in [0.4, 0.5) is 0 Å². The second kappa shape index (κ2) is 8.23. The van der Waals surface area contributed by atoms with Crippen molar-refractivity contribution in [2.24, 2.45) is 0 Å². The van der Waals surface area contributed by atoms with Crippen molar-refractivity contribution in [3.8, 4) is 0 Å². The lowest BCUT2D eigenvalue weighted by Crippen LogP contribution is -2.46. The van der Waals surface area contributed by atoms with Crippen LogP contribution < -0.4 is 5.43 Å². The first-order valence-corrected chi connectivity index (χ1v) is 6.90. The first-order chi connectivity index (χ1) is 11.2. The fourth-order valence-electron chi connectivity index (χ4n) is 1.78. The molecule has 0 fully saturated rings. The number of nitrogens with one attached hydrogen (secondary N) is 1. The minimum atomic E-state index is -0.497. The zero-order valence-electron chi connectivity index (χ0n) is 12.3. The predicted octanol–water partition coefficient (Wildman–Crippen LogP) is 1.47. The summed E-state index contributed by atoms with van der Waals surface area (Å²) in [6.07, 6.45) is 6.39. The molecule has 0 bridgehead atoms. The number of pyridine rings is 1. The lowest BCUT2D eigenvalue weighted by Gasteiger charge is -2.19. The minimum Gasteiger partial charge on any atom is -0.301 e. The van der Waals surface area contributed by atoms with Crippen LogP contribution in [0.3, 0.4) is 0 Å². The van der Waals surface area contributed by atoms with E-state index in [9.17, 15) is 14.4 Å². The zero-order valence-corrected chi connectivity index (χ0v) is 12.3. The SMILES string of the molecule is O=CCN(NC(=O)c1ccncc1)C(=O)C=Cc1ccccc1. The lowest BCUT2D eigenvalue weighted by atomic mass is 10.2. The van der Waals surface area contributed by atoms with Crippen molar-refractivity contribution in [3.05, 3.63) is 72.1 Å². The maximum atomic E-state index is 12.1. The summed E-state index contributed by atoms with van der Waals surface area (Å²) in [4.78, 5) is 38.7. The Bertz CT molecular complexity index is 700. The van der Waals surface area contributed by atoms with E-state index in [1.54, 1.807) is 6.08 Å². The van der Waals surface area contributed by atoms with Gasteiger partial charge in [-0.05, 0) is 23.8 Å². The van der Waals surface area contributed by atoms with Crippen LogP contribution in [0.2, 0.25) is 0 Å². The number of aldehydes is 1. The summed E-state index contributed by atoms with van der Waals surface area (Å²) < 4.78 is 0. The van der Waals surface area contributed by atoms with E-state index in [1.807, 2.05) is 30.3 Å². The summed E-state index contributed by atoms with van der Waals surface area (Å²) >= 11 is 0. The van der Waals surface area contributed by atoms with E-state index in [4.69, 9.17) is 0 Å². The Hall–Kier alpha value is -3.28. The lowest BCUT2D eigenvalue weighted by molar-refractivity contribution is -0.130. The number of carbonyl (C=O) groups excluding carboxylic acids is 3. The molecule has 0 aliphatic rings. The van der Waals surface area contributed by atoms with Gasteiger partial charge < -0.3 is 4.79 Å². The van der Waals surface area contributed by atoms with E-state index < -0.39 is 11.8 Å². The number of hydrogen-bond acceptors (Lipinski definition) is 4. The minimum absolute atomic E-state index is 0.241. The van der Waals surface area contributed by atoms with Crippen LogP contribution in [0.1, 0.15) is 15.9 Å². The van der Waals surface area contributed by atoms with Gasteiger partial charge in [0, 0.05) is 24.0 Å². The average molecular weight is 309 g/mol. The van der Waals surface area contributed by atoms with Crippen molar-refractivity contribution >= 4 is 24.2 Å². The molecular formula is C17H15N3O3. The molecule has 2 amide bonds. The highest BCUT2D eigenvalue weighted by atomic mass is 16.2. The molecule has 1 heterocycles. The topological polar surface area (TPSA) is 79.4 Å². The van der Waals surface area contributed by atoms with E-state index in [0.29, 0.717) is 11.8 Å². The fourth-order valence-corrected chi connectivity index (χ4v) is 1.78. The van der Waals surface area contributed by atoms with Crippen LogP contribution in [0, 0.1) is 0 Å². The van der Waals surface area contributed by atoms with Crippen LogP contribution >= 0.6 is 0 Å². The van der Waals surface area contributed by atoms with E-state index in [-0.39, 0.29) is 6.54 Å². The first kappa shape index (κ1) is 16.1. The number of hydrazine groups is 1. The Balaban J connectivity index is 2.05. The number of nitrogens with zero attached hydrogens (tertiary/aromatic N) is 2. The van der Waals surface area contributed by atoms with Crippen molar-refractivity contribution in [1.82, 2.24) is 15.4 Å². The molecule has 0 aliphatic heterocycles. The number of hydrogen-bond donors (Lipinski definition) is 1.